The number of aliphatic hydroxyl groups excluding tert-OH is 1. The maximum absolute atomic E-state index is 14.5. The van der Waals surface area contributed by atoms with Gasteiger partial charge >= 0.3 is 5.97 Å². The van der Waals surface area contributed by atoms with Gasteiger partial charge < -0.3 is 48.2 Å². The van der Waals surface area contributed by atoms with Crippen LogP contribution >= 0.6 is 0 Å². The summed E-state index contributed by atoms with van der Waals surface area (Å²) < 4.78 is 37.5. The number of nitro benzene ring substituents is 1. The van der Waals surface area contributed by atoms with Gasteiger partial charge in [0.2, 0.25) is 5.91 Å². The van der Waals surface area contributed by atoms with Gasteiger partial charge in [0, 0.05) is 43.1 Å². The smallest absolute Gasteiger partial charge is 0.316 e. The van der Waals surface area contributed by atoms with Crippen molar-refractivity contribution in [2.24, 2.45) is 27.9 Å². The van der Waals surface area contributed by atoms with Crippen molar-refractivity contribution in [1.29, 1.82) is 0 Å². The minimum Gasteiger partial charge on any atom is -0.459 e. The van der Waals surface area contributed by atoms with Crippen molar-refractivity contribution >= 4 is 34.8 Å². The number of esters is 1. The standard InChI is InChI=1S/C43H61N5O14/c1-11-35-43(8,53)36-18-31(44-27(6)49)23(2)19-42(7,39(25(4)37(50)26(5)40(52)60-35)61-41-38(51)34(47(9)10)16-24(3)59-41)57-21-28(20-56-36)45-58-22-29-17-32(46-62-29)30-14-12-13-15-33(30)48(54)55/h12-15,17,23-26,34-36,38-39,41,51,53H,11,16,18-22H2,1-10H3/b44-31?,45-28-/t23-,24-,25+,26-,34+,35-,36-,38-,39-,41+,42-,43-/m1/s1. The molecule has 2 aromatic rings. The molecule has 62 heavy (non-hydrogen) atoms. The molecule has 0 spiro atoms. The van der Waals surface area contributed by atoms with E-state index >= 15 is 0 Å². The number of ether oxygens (including phenoxy) is 5. The van der Waals surface area contributed by atoms with E-state index in [4.69, 9.17) is 33.0 Å². The average molecular weight is 872 g/mol. The first-order valence-corrected chi connectivity index (χ1v) is 21.0. The van der Waals surface area contributed by atoms with E-state index in [1.807, 2.05) is 32.8 Å². The molecule has 2 N–H and O–H groups in total. The van der Waals surface area contributed by atoms with Crippen LogP contribution in [-0.2, 0) is 49.5 Å². The van der Waals surface area contributed by atoms with Gasteiger partial charge in [0.05, 0.1) is 47.6 Å². The number of carbonyl (C=O) groups excluding carboxylic acids is 3. The van der Waals surface area contributed by atoms with Crippen LogP contribution in [0.25, 0.3) is 11.3 Å². The number of aliphatic hydroxyl groups is 2. The van der Waals surface area contributed by atoms with Crippen LogP contribution in [0.2, 0.25) is 0 Å². The van der Waals surface area contributed by atoms with Crippen LogP contribution in [0.1, 0.15) is 86.8 Å². The average Bonchev–Trinajstić information content (AvgIpc) is 3.68. The number of rotatable bonds is 9. The second-order valence-electron chi connectivity index (χ2n) is 17.3. The quantitative estimate of drug-likeness (QED) is 0.153. The van der Waals surface area contributed by atoms with Gasteiger partial charge in [-0.05, 0) is 73.0 Å². The largest absolute Gasteiger partial charge is 0.459 e. The fraction of sp³-hybridized carbons (Fsp3) is 0.674. The number of carbonyl (C=O) groups is 3. The summed E-state index contributed by atoms with van der Waals surface area (Å²) in [6.07, 6.45) is -5.57. The molecule has 3 aliphatic heterocycles. The zero-order valence-electron chi connectivity index (χ0n) is 37.1. The van der Waals surface area contributed by atoms with Gasteiger partial charge in [-0.15, -0.1) is 0 Å². The summed E-state index contributed by atoms with van der Waals surface area (Å²) in [5, 5.41) is 43.9. The summed E-state index contributed by atoms with van der Waals surface area (Å²) in [7, 11) is 3.68. The molecule has 0 radical (unpaired) electrons. The second-order valence-corrected chi connectivity index (χ2v) is 17.3. The molecule has 3 fully saturated rings. The van der Waals surface area contributed by atoms with Crippen LogP contribution in [0.3, 0.4) is 0 Å². The lowest BCUT2D eigenvalue weighted by Gasteiger charge is -2.47. The number of nitrogens with zero attached hydrogens (tertiary/aromatic N) is 5. The van der Waals surface area contributed by atoms with E-state index in [9.17, 15) is 34.7 Å². The van der Waals surface area contributed by atoms with Crippen molar-refractivity contribution < 1.29 is 62.6 Å². The van der Waals surface area contributed by atoms with E-state index in [2.05, 4.69) is 15.3 Å². The number of aliphatic imine (C=N–C) groups is 1. The van der Waals surface area contributed by atoms with Gasteiger partial charge in [0.25, 0.3) is 5.69 Å². The van der Waals surface area contributed by atoms with Gasteiger partial charge in [-0.25, -0.2) is 4.99 Å². The molecule has 1 aromatic carbocycles. The molecule has 0 saturated carbocycles. The van der Waals surface area contributed by atoms with Crippen LogP contribution in [0, 0.1) is 27.9 Å². The Hall–Kier alpha value is -4.50. The number of nitro groups is 1. The highest BCUT2D eigenvalue weighted by Gasteiger charge is 2.52. The van der Waals surface area contributed by atoms with E-state index in [-0.39, 0.29) is 79.6 Å². The van der Waals surface area contributed by atoms with Gasteiger partial charge in [0.1, 0.15) is 35.1 Å². The van der Waals surface area contributed by atoms with Crippen molar-refractivity contribution in [3.63, 3.8) is 0 Å². The van der Waals surface area contributed by atoms with E-state index in [0.717, 1.165) is 0 Å². The monoisotopic (exact) mass is 871 g/mol. The number of likely N-dealkylation sites (N-methyl/N-ethyl adjacent to an activating group) is 1. The normalized spacial score (nSPS) is 35.5. The highest BCUT2D eigenvalue weighted by Crippen LogP contribution is 2.39. The number of aromatic nitrogens is 1. The van der Waals surface area contributed by atoms with E-state index < -0.39 is 82.2 Å². The number of para-hydroxylation sites is 1. The van der Waals surface area contributed by atoms with Crippen molar-refractivity contribution in [3.8, 4) is 11.3 Å². The maximum atomic E-state index is 14.5. The number of fused-ring (bicyclic) bond motifs is 5. The highest BCUT2D eigenvalue weighted by atomic mass is 16.7. The first-order valence-electron chi connectivity index (χ1n) is 21.0. The minimum absolute atomic E-state index is 0.0828. The van der Waals surface area contributed by atoms with Gasteiger partial charge in [-0.1, -0.05) is 43.2 Å². The number of Topliss-reactive ketones (excluding diaryl/α,β-unsaturated/α-hetero) is 1. The number of hydrogen-bond donors (Lipinski definition) is 2. The topological polar surface area (TPSA) is 244 Å². The Morgan fingerprint density at radius 1 is 1.13 bits per heavy atom. The summed E-state index contributed by atoms with van der Waals surface area (Å²) in [6, 6.07) is 7.23. The van der Waals surface area contributed by atoms with E-state index in [1.165, 1.54) is 32.9 Å². The fourth-order valence-corrected chi connectivity index (χ4v) is 8.57. The summed E-state index contributed by atoms with van der Waals surface area (Å²) >= 11 is 0. The third-order valence-corrected chi connectivity index (χ3v) is 12.1. The zero-order chi connectivity index (χ0) is 45.7. The van der Waals surface area contributed by atoms with E-state index in [1.54, 1.807) is 39.0 Å². The molecule has 3 aliphatic rings. The second kappa shape index (κ2) is 20.3. The lowest BCUT2D eigenvalue weighted by molar-refractivity contribution is -0.384. The van der Waals surface area contributed by atoms with E-state index in [0.29, 0.717) is 12.1 Å². The Labute approximate surface area is 361 Å². The number of hydrogen-bond acceptors (Lipinski definition) is 17. The molecule has 19 nitrogen and oxygen atoms in total. The van der Waals surface area contributed by atoms with Crippen LogP contribution in [0.15, 0.2) is 45.0 Å². The lowest BCUT2D eigenvalue weighted by Crippen LogP contribution is -2.59. The van der Waals surface area contributed by atoms with Crippen LogP contribution < -0.4 is 0 Å². The zero-order valence-corrected chi connectivity index (χ0v) is 37.1. The Morgan fingerprint density at radius 3 is 2.50 bits per heavy atom. The van der Waals surface area contributed by atoms with Gasteiger partial charge in [-0.2, -0.15) is 0 Å². The van der Waals surface area contributed by atoms with Gasteiger partial charge in [0.15, 0.2) is 24.4 Å². The Balaban J connectivity index is 1.61. The molecular weight excluding hydrogens is 810 g/mol. The minimum atomic E-state index is -1.89. The van der Waals surface area contributed by atoms with Crippen molar-refractivity contribution in [2.75, 3.05) is 27.3 Å². The molecule has 12 atom stereocenters. The molecule has 1 aromatic heterocycles. The number of amides is 1. The molecule has 19 heteroatoms. The molecule has 3 saturated heterocycles. The Kier molecular flexibility index (Phi) is 15.9. The first-order chi connectivity index (χ1) is 29.2. The number of oxime groups is 1. The molecule has 4 heterocycles. The fourth-order valence-electron chi connectivity index (χ4n) is 8.57. The van der Waals surface area contributed by atoms with Crippen LogP contribution in [-0.4, -0.2) is 136 Å². The summed E-state index contributed by atoms with van der Waals surface area (Å²) in [4.78, 5) is 64.1. The lowest BCUT2D eigenvalue weighted by atomic mass is 9.76. The van der Waals surface area contributed by atoms with Crippen molar-refractivity contribution in [1.82, 2.24) is 10.1 Å². The molecule has 0 unspecified atom stereocenters. The van der Waals surface area contributed by atoms with Crippen molar-refractivity contribution in [3.05, 3.63) is 46.2 Å². The SMILES string of the molecule is CC[C@H]1OC(=O)[C@H](C)C(=O)[C@H](C)[C@@H](O[C@@H]2O[C@H](C)C[C@H](N(C)C)[C@H]2O)[C@@]2(C)C[C@@H](C)C(=NC(C)=O)C[C@@H](OC/C(=N/OCc3cc(-c4ccccc4[N+](=O)[O-])no3)CO2)[C@]1(C)O. The molecule has 342 valence electrons. The van der Waals surface area contributed by atoms with Gasteiger partial charge in [-0.3, -0.25) is 24.5 Å². The predicted octanol–water partition coefficient (Wildman–Crippen LogP) is 4.44. The summed E-state index contributed by atoms with van der Waals surface area (Å²) in [5.41, 5.74) is -2.50. The molecule has 2 bridgehead atoms. The Bertz CT molecular complexity index is 1980. The highest BCUT2D eigenvalue weighted by molar-refractivity contribution is 6.00. The molecule has 5 rings (SSSR count). The van der Waals surface area contributed by atoms with Crippen molar-refractivity contribution in [2.45, 2.75) is 142 Å². The summed E-state index contributed by atoms with van der Waals surface area (Å²) in [6.45, 7) is 12.1. The first kappa shape index (κ1) is 48.5. The Morgan fingerprint density at radius 2 is 1.84 bits per heavy atom. The molecular formula is C43H61N5O14. The number of benzene rings is 1. The maximum Gasteiger partial charge on any atom is 0.316 e. The molecule has 1 amide bonds. The third-order valence-electron chi connectivity index (χ3n) is 12.1. The predicted molar refractivity (Wildman–Crippen MR) is 223 cm³/mol. The third kappa shape index (κ3) is 11.2. The van der Waals surface area contributed by atoms with Crippen LogP contribution in [0.5, 0.6) is 0 Å². The molecule has 0 aliphatic carbocycles. The van der Waals surface area contributed by atoms with Crippen LogP contribution in [0.4, 0.5) is 5.69 Å². The number of cyclic esters (lactones) is 1. The number of ketones is 1. The summed E-state index contributed by atoms with van der Waals surface area (Å²) in [5.74, 6) is -4.64.